The highest BCUT2D eigenvalue weighted by Gasteiger charge is 2.27. The Morgan fingerprint density at radius 1 is 1.05 bits per heavy atom. The molecule has 0 radical (unpaired) electrons. The number of nitrogens with zero attached hydrogens (tertiary/aromatic N) is 1. The molecule has 1 unspecified atom stereocenters. The Bertz CT molecular complexity index is 380. The molecule has 1 atom stereocenters. The molecule has 0 heterocycles. The zero-order valence-corrected chi connectivity index (χ0v) is 12.6. The highest BCUT2D eigenvalue weighted by molar-refractivity contribution is 5.97. The van der Waals surface area contributed by atoms with Gasteiger partial charge in [0.2, 0.25) is 5.91 Å². The van der Waals surface area contributed by atoms with Crippen LogP contribution in [-0.2, 0) is 23.9 Å². The second-order valence-electron chi connectivity index (χ2n) is 4.08. The van der Waals surface area contributed by atoms with Crippen LogP contribution >= 0.6 is 0 Å². The lowest BCUT2D eigenvalue weighted by atomic mass is 10.2. The molecule has 0 saturated carbocycles. The first-order valence-corrected chi connectivity index (χ1v) is 6.32. The lowest BCUT2D eigenvalue weighted by Crippen LogP contribution is -2.52. The summed E-state index contributed by atoms with van der Waals surface area (Å²) in [6.07, 6.45) is 0. The monoisotopic (exact) mass is 303 g/mol. The van der Waals surface area contributed by atoms with E-state index in [9.17, 15) is 19.2 Å². The summed E-state index contributed by atoms with van der Waals surface area (Å²) in [7, 11) is 2.39. The SMILES string of the molecule is CCNC(=O)NC(=O)C(C)N(CC(=O)OC)CC(=O)OC. The maximum atomic E-state index is 11.9. The Balaban J connectivity index is 4.78. The molecule has 0 aliphatic carbocycles. The summed E-state index contributed by atoms with van der Waals surface area (Å²) < 4.78 is 9.00. The number of esters is 2. The van der Waals surface area contributed by atoms with E-state index in [4.69, 9.17) is 0 Å². The van der Waals surface area contributed by atoms with Crippen molar-refractivity contribution < 1.29 is 28.7 Å². The van der Waals surface area contributed by atoms with Crippen molar-refractivity contribution in [1.82, 2.24) is 15.5 Å². The van der Waals surface area contributed by atoms with Gasteiger partial charge in [-0.3, -0.25) is 24.6 Å². The molecule has 9 nitrogen and oxygen atoms in total. The maximum Gasteiger partial charge on any atom is 0.321 e. The molecule has 0 rings (SSSR count). The fraction of sp³-hybridized carbons (Fsp3) is 0.667. The third-order valence-electron chi connectivity index (χ3n) is 2.62. The van der Waals surface area contributed by atoms with Crippen molar-refractivity contribution in [2.45, 2.75) is 19.9 Å². The number of imide groups is 1. The molecule has 9 heteroatoms. The number of ether oxygens (including phenoxy) is 2. The molecule has 2 N–H and O–H groups in total. The Morgan fingerprint density at radius 2 is 1.52 bits per heavy atom. The van der Waals surface area contributed by atoms with Crippen LogP contribution in [0, 0.1) is 0 Å². The van der Waals surface area contributed by atoms with Gasteiger partial charge in [-0.15, -0.1) is 0 Å². The first-order valence-electron chi connectivity index (χ1n) is 6.32. The molecule has 0 aliphatic heterocycles. The van der Waals surface area contributed by atoms with Gasteiger partial charge in [-0.2, -0.15) is 0 Å². The van der Waals surface area contributed by atoms with Gasteiger partial charge in [0.05, 0.1) is 33.4 Å². The number of nitrogens with one attached hydrogen (secondary N) is 2. The van der Waals surface area contributed by atoms with Gasteiger partial charge in [0.25, 0.3) is 0 Å². The minimum Gasteiger partial charge on any atom is -0.468 e. The van der Waals surface area contributed by atoms with E-state index < -0.39 is 29.9 Å². The molecule has 0 aromatic heterocycles. The highest BCUT2D eigenvalue weighted by atomic mass is 16.5. The van der Waals surface area contributed by atoms with E-state index in [-0.39, 0.29) is 13.1 Å². The number of methoxy groups -OCH3 is 2. The minimum atomic E-state index is -0.897. The van der Waals surface area contributed by atoms with Gasteiger partial charge in [0, 0.05) is 6.54 Å². The number of hydrogen-bond acceptors (Lipinski definition) is 7. The molecular formula is C12H21N3O6. The van der Waals surface area contributed by atoms with Crippen molar-refractivity contribution in [2.24, 2.45) is 0 Å². The molecular weight excluding hydrogens is 282 g/mol. The molecule has 0 spiro atoms. The number of amides is 3. The zero-order valence-electron chi connectivity index (χ0n) is 12.6. The van der Waals surface area contributed by atoms with Crippen LogP contribution in [0.4, 0.5) is 4.79 Å². The summed E-state index contributed by atoms with van der Waals surface area (Å²) in [5.74, 6) is -1.87. The van der Waals surface area contributed by atoms with Crippen molar-refractivity contribution in [3.05, 3.63) is 0 Å². The van der Waals surface area contributed by atoms with E-state index >= 15 is 0 Å². The fourth-order valence-electron chi connectivity index (χ4n) is 1.38. The van der Waals surface area contributed by atoms with E-state index in [0.29, 0.717) is 6.54 Å². The number of carbonyl (C=O) groups excluding carboxylic acids is 4. The molecule has 120 valence electrons. The van der Waals surface area contributed by atoms with Gasteiger partial charge in [-0.25, -0.2) is 4.79 Å². The standard InChI is InChI=1S/C12H21N3O6/c1-5-13-12(19)14-11(18)8(2)15(6-9(16)20-3)7-10(17)21-4/h8H,5-7H2,1-4H3,(H2,13,14,18,19). The molecule has 21 heavy (non-hydrogen) atoms. The zero-order chi connectivity index (χ0) is 16.4. The van der Waals surface area contributed by atoms with Crippen LogP contribution in [0.3, 0.4) is 0 Å². The van der Waals surface area contributed by atoms with E-state index in [2.05, 4.69) is 20.1 Å². The summed E-state index contributed by atoms with van der Waals surface area (Å²) in [4.78, 5) is 47.1. The van der Waals surface area contributed by atoms with Gasteiger partial charge in [-0.05, 0) is 13.8 Å². The lowest BCUT2D eigenvalue weighted by Gasteiger charge is -2.25. The average Bonchev–Trinajstić information content (AvgIpc) is 2.45. The fourth-order valence-corrected chi connectivity index (χ4v) is 1.38. The van der Waals surface area contributed by atoms with Gasteiger partial charge in [0.1, 0.15) is 0 Å². The first-order chi connectivity index (χ1) is 9.85. The predicted molar refractivity (Wildman–Crippen MR) is 72.3 cm³/mol. The molecule has 3 amide bonds. The summed E-state index contributed by atoms with van der Waals surface area (Å²) in [5.41, 5.74) is 0. The van der Waals surface area contributed by atoms with Crippen LogP contribution in [-0.4, -0.2) is 68.7 Å². The second-order valence-corrected chi connectivity index (χ2v) is 4.08. The van der Waals surface area contributed by atoms with Gasteiger partial charge < -0.3 is 14.8 Å². The summed E-state index contributed by atoms with van der Waals surface area (Å²) in [6, 6.07) is -1.55. The van der Waals surface area contributed by atoms with Crippen molar-refractivity contribution in [3.8, 4) is 0 Å². The Labute approximate surface area is 122 Å². The molecule has 0 aromatic rings. The minimum absolute atomic E-state index is 0.282. The molecule has 0 aromatic carbocycles. The smallest absolute Gasteiger partial charge is 0.321 e. The quantitative estimate of drug-likeness (QED) is 0.572. The number of hydrogen-bond donors (Lipinski definition) is 2. The summed E-state index contributed by atoms with van der Waals surface area (Å²) >= 11 is 0. The van der Waals surface area contributed by atoms with E-state index in [1.165, 1.54) is 26.0 Å². The van der Waals surface area contributed by atoms with Crippen molar-refractivity contribution >= 4 is 23.9 Å². The second kappa shape index (κ2) is 9.70. The molecule has 0 saturated heterocycles. The van der Waals surface area contributed by atoms with Crippen LogP contribution < -0.4 is 10.6 Å². The summed E-state index contributed by atoms with van der Waals surface area (Å²) in [6.45, 7) is 2.96. The van der Waals surface area contributed by atoms with E-state index in [0.717, 1.165) is 0 Å². The van der Waals surface area contributed by atoms with E-state index in [1.54, 1.807) is 6.92 Å². The van der Waals surface area contributed by atoms with Crippen LogP contribution in [0.2, 0.25) is 0 Å². The third-order valence-corrected chi connectivity index (χ3v) is 2.62. The first kappa shape index (κ1) is 18.8. The predicted octanol–water partition coefficient (Wildman–Crippen LogP) is -1.13. The van der Waals surface area contributed by atoms with Crippen LogP contribution in [0.25, 0.3) is 0 Å². The number of rotatable bonds is 7. The molecule has 0 fully saturated rings. The van der Waals surface area contributed by atoms with Gasteiger partial charge >= 0.3 is 18.0 Å². The summed E-state index contributed by atoms with van der Waals surface area (Å²) in [5, 5.41) is 4.51. The number of carbonyl (C=O) groups is 4. The largest absolute Gasteiger partial charge is 0.468 e. The van der Waals surface area contributed by atoms with Crippen molar-refractivity contribution in [3.63, 3.8) is 0 Å². The van der Waals surface area contributed by atoms with Gasteiger partial charge in [-0.1, -0.05) is 0 Å². The third kappa shape index (κ3) is 7.25. The normalized spacial score (nSPS) is 11.5. The van der Waals surface area contributed by atoms with Crippen LogP contribution in [0.5, 0.6) is 0 Å². The molecule has 0 bridgehead atoms. The maximum absolute atomic E-state index is 11.9. The number of urea groups is 1. The van der Waals surface area contributed by atoms with Crippen molar-refractivity contribution in [1.29, 1.82) is 0 Å². The average molecular weight is 303 g/mol. The highest BCUT2D eigenvalue weighted by Crippen LogP contribution is 2.01. The van der Waals surface area contributed by atoms with E-state index in [1.807, 2.05) is 0 Å². The molecule has 0 aliphatic rings. The van der Waals surface area contributed by atoms with Crippen LogP contribution in [0.15, 0.2) is 0 Å². The lowest BCUT2D eigenvalue weighted by molar-refractivity contribution is -0.147. The topological polar surface area (TPSA) is 114 Å². The van der Waals surface area contributed by atoms with Gasteiger partial charge in [0.15, 0.2) is 0 Å². The Morgan fingerprint density at radius 3 is 1.90 bits per heavy atom. The Kier molecular flexibility index (Phi) is 8.70. The van der Waals surface area contributed by atoms with Crippen LogP contribution in [0.1, 0.15) is 13.8 Å². The Hall–Kier alpha value is -2.16. The van der Waals surface area contributed by atoms with Crippen molar-refractivity contribution in [2.75, 3.05) is 33.9 Å².